The molecular formula is C29H38N2O2S2. The SMILES string of the molecule is CN(C[C@@H](CCN1CCC(CCCc2ccccc2)CC1)c1ccccc1)S(=O)(=O)c1cccs1. The third-order valence-corrected chi connectivity index (χ3v) is 10.5. The van der Waals surface area contributed by atoms with Gasteiger partial charge in [-0.15, -0.1) is 11.3 Å². The Balaban J connectivity index is 1.27. The van der Waals surface area contributed by atoms with Crippen LogP contribution in [0.25, 0.3) is 0 Å². The molecule has 4 nitrogen and oxygen atoms in total. The average Bonchev–Trinajstić information content (AvgIpc) is 3.44. The predicted octanol–water partition coefficient (Wildman–Crippen LogP) is 6.28. The minimum absolute atomic E-state index is 0.180. The van der Waals surface area contributed by atoms with Crippen LogP contribution in [0.15, 0.2) is 82.4 Å². The van der Waals surface area contributed by atoms with Gasteiger partial charge in [-0.2, -0.15) is 4.31 Å². The maximum atomic E-state index is 13.0. The molecule has 2 heterocycles. The fraction of sp³-hybridized carbons (Fsp3) is 0.448. The van der Waals surface area contributed by atoms with E-state index in [1.54, 1.807) is 19.2 Å². The highest BCUT2D eigenvalue weighted by molar-refractivity contribution is 7.91. The third-order valence-electron chi connectivity index (χ3n) is 7.33. The van der Waals surface area contributed by atoms with Gasteiger partial charge in [0.05, 0.1) is 0 Å². The molecule has 35 heavy (non-hydrogen) atoms. The Labute approximate surface area is 215 Å². The van der Waals surface area contributed by atoms with Crippen molar-refractivity contribution in [2.75, 3.05) is 33.2 Å². The van der Waals surface area contributed by atoms with Crippen molar-refractivity contribution in [1.82, 2.24) is 9.21 Å². The number of benzene rings is 2. The lowest BCUT2D eigenvalue weighted by Crippen LogP contribution is -2.36. The summed E-state index contributed by atoms with van der Waals surface area (Å²) >= 11 is 1.28. The number of thiophene rings is 1. The molecule has 3 aromatic rings. The first-order valence-corrected chi connectivity index (χ1v) is 15.2. The maximum absolute atomic E-state index is 13.0. The van der Waals surface area contributed by atoms with Crippen LogP contribution in [0.2, 0.25) is 0 Å². The Morgan fingerprint density at radius 1 is 0.971 bits per heavy atom. The highest BCUT2D eigenvalue weighted by Crippen LogP contribution is 2.28. The summed E-state index contributed by atoms with van der Waals surface area (Å²) in [6.07, 6.45) is 7.29. The van der Waals surface area contributed by atoms with Crippen LogP contribution in [0.4, 0.5) is 0 Å². The number of aryl methyl sites for hydroxylation is 1. The van der Waals surface area contributed by atoms with Gasteiger partial charge in [-0.3, -0.25) is 0 Å². The molecule has 0 saturated carbocycles. The molecule has 0 spiro atoms. The minimum atomic E-state index is -3.44. The monoisotopic (exact) mass is 510 g/mol. The molecule has 0 N–H and O–H groups in total. The molecule has 0 unspecified atom stereocenters. The van der Waals surface area contributed by atoms with Crippen molar-refractivity contribution in [3.05, 3.63) is 89.3 Å². The van der Waals surface area contributed by atoms with Crippen molar-refractivity contribution in [3.8, 4) is 0 Å². The van der Waals surface area contributed by atoms with Gasteiger partial charge < -0.3 is 4.90 Å². The Morgan fingerprint density at radius 3 is 2.31 bits per heavy atom. The Hall–Kier alpha value is -1.99. The van der Waals surface area contributed by atoms with Crippen LogP contribution in [0, 0.1) is 5.92 Å². The van der Waals surface area contributed by atoms with Crippen LogP contribution >= 0.6 is 11.3 Å². The first-order valence-electron chi connectivity index (χ1n) is 12.8. The van der Waals surface area contributed by atoms with Crippen LogP contribution in [0.3, 0.4) is 0 Å². The number of piperidine rings is 1. The zero-order valence-electron chi connectivity index (χ0n) is 20.8. The van der Waals surface area contributed by atoms with Gasteiger partial charge in [0.1, 0.15) is 4.21 Å². The molecule has 0 radical (unpaired) electrons. The van der Waals surface area contributed by atoms with E-state index in [4.69, 9.17) is 0 Å². The molecule has 0 amide bonds. The molecule has 1 saturated heterocycles. The molecule has 1 aliphatic heterocycles. The molecule has 1 aliphatic rings. The topological polar surface area (TPSA) is 40.6 Å². The summed E-state index contributed by atoms with van der Waals surface area (Å²) < 4.78 is 28.0. The summed E-state index contributed by atoms with van der Waals surface area (Å²) in [5, 5.41) is 1.82. The maximum Gasteiger partial charge on any atom is 0.252 e. The second-order valence-corrected chi connectivity index (χ2v) is 13.0. The standard InChI is InChI=1S/C29H38N2O2S2/c1-30(35(32,33)29-16-9-23-34-29)24-28(27-14-6-3-7-15-27)19-22-31-20-17-26(18-21-31)13-8-12-25-10-4-2-5-11-25/h2-7,9-11,14-16,23,26,28H,8,12-13,17-22,24H2,1H3/t28-/m1/s1. The number of likely N-dealkylation sites (N-methyl/N-ethyl adjacent to an activating group) is 1. The second-order valence-electron chi connectivity index (χ2n) is 9.78. The number of likely N-dealkylation sites (tertiary alicyclic amines) is 1. The van der Waals surface area contributed by atoms with Crippen molar-refractivity contribution in [3.63, 3.8) is 0 Å². The first-order chi connectivity index (χ1) is 17.0. The fourth-order valence-electron chi connectivity index (χ4n) is 5.14. The van der Waals surface area contributed by atoms with Crippen LogP contribution in [-0.2, 0) is 16.4 Å². The fourth-order valence-corrected chi connectivity index (χ4v) is 7.55. The third kappa shape index (κ3) is 7.50. The second kappa shape index (κ2) is 12.8. The summed E-state index contributed by atoms with van der Waals surface area (Å²) in [4.78, 5) is 2.58. The normalized spacial score (nSPS) is 16.5. The minimum Gasteiger partial charge on any atom is -0.303 e. The largest absolute Gasteiger partial charge is 0.303 e. The quantitative estimate of drug-likeness (QED) is 0.288. The average molecular weight is 511 g/mol. The van der Waals surface area contributed by atoms with Gasteiger partial charge in [0.15, 0.2) is 0 Å². The molecule has 4 rings (SSSR count). The van der Waals surface area contributed by atoms with Gasteiger partial charge in [-0.05, 0) is 86.1 Å². The van der Waals surface area contributed by atoms with E-state index < -0.39 is 10.0 Å². The first kappa shape index (κ1) is 26.1. The van der Waals surface area contributed by atoms with Gasteiger partial charge in [0, 0.05) is 13.6 Å². The van der Waals surface area contributed by atoms with Crippen LogP contribution in [0.1, 0.15) is 49.1 Å². The van der Waals surface area contributed by atoms with Crippen LogP contribution in [0.5, 0.6) is 0 Å². The van der Waals surface area contributed by atoms with Crippen molar-refractivity contribution in [2.45, 2.75) is 48.7 Å². The summed E-state index contributed by atoms with van der Waals surface area (Å²) in [7, 11) is -1.73. The summed E-state index contributed by atoms with van der Waals surface area (Å²) in [6.45, 7) is 3.82. The Morgan fingerprint density at radius 2 is 1.66 bits per heavy atom. The highest BCUT2D eigenvalue weighted by Gasteiger charge is 2.26. The van der Waals surface area contributed by atoms with E-state index in [-0.39, 0.29) is 5.92 Å². The molecule has 0 aliphatic carbocycles. The molecular weight excluding hydrogens is 472 g/mol. The lowest BCUT2D eigenvalue weighted by molar-refractivity contribution is 0.171. The summed E-state index contributed by atoms with van der Waals surface area (Å²) in [6, 6.07) is 24.7. The zero-order chi connectivity index (χ0) is 24.5. The molecule has 0 bridgehead atoms. The van der Waals surface area contributed by atoms with Crippen molar-refractivity contribution in [1.29, 1.82) is 0 Å². The zero-order valence-corrected chi connectivity index (χ0v) is 22.4. The Bertz CT molecular complexity index is 1090. The van der Waals surface area contributed by atoms with Crippen molar-refractivity contribution >= 4 is 21.4 Å². The number of hydrogen-bond acceptors (Lipinski definition) is 4. The van der Waals surface area contributed by atoms with E-state index in [1.807, 2.05) is 11.4 Å². The van der Waals surface area contributed by atoms with Crippen molar-refractivity contribution < 1.29 is 8.42 Å². The van der Waals surface area contributed by atoms with E-state index in [2.05, 4.69) is 59.5 Å². The molecule has 2 aromatic carbocycles. The van der Waals surface area contributed by atoms with Gasteiger partial charge in [-0.25, -0.2) is 8.42 Å². The van der Waals surface area contributed by atoms with Gasteiger partial charge in [-0.1, -0.05) is 73.2 Å². The molecule has 6 heteroatoms. The predicted molar refractivity (Wildman–Crippen MR) is 146 cm³/mol. The van der Waals surface area contributed by atoms with E-state index >= 15 is 0 Å². The van der Waals surface area contributed by atoms with Crippen LogP contribution < -0.4 is 0 Å². The Kier molecular flexibility index (Phi) is 9.55. The summed E-state index contributed by atoms with van der Waals surface area (Å²) in [5.74, 6) is 1.02. The smallest absolute Gasteiger partial charge is 0.252 e. The van der Waals surface area contributed by atoms with E-state index in [1.165, 1.54) is 58.9 Å². The van der Waals surface area contributed by atoms with Gasteiger partial charge in [0.2, 0.25) is 0 Å². The van der Waals surface area contributed by atoms with Gasteiger partial charge >= 0.3 is 0 Å². The number of rotatable bonds is 12. The van der Waals surface area contributed by atoms with E-state index in [9.17, 15) is 8.42 Å². The van der Waals surface area contributed by atoms with E-state index in [0.29, 0.717) is 10.8 Å². The summed E-state index contributed by atoms with van der Waals surface area (Å²) in [5.41, 5.74) is 2.67. The molecule has 1 fully saturated rings. The van der Waals surface area contributed by atoms with Crippen molar-refractivity contribution in [2.24, 2.45) is 5.92 Å². The van der Waals surface area contributed by atoms with E-state index in [0.717, 1.165) is 32.0 Å². The number of sulfonamides is 1. The molecule has 1 aromatic heterocycles. The number of hydrogen-bond donors (Lipinski definition) is 0. The molecule has 1 atom stereocenters. The van der Waals surface area contributed by atoms with Crippen LogP contribution in [-0.4, -0.2) is 50.8 Å². The lowest BCUT2D eigenvalue weighted by atomic mass is 9.90. The molecule has 188 valence electrons. The lowest BCUT2D eigenvalue weighted by Gasteiger charge is -2.33. The highest BCUT2D eigenvalue weighted by atomic mass is 32.2. The van der Waals surface area contributed by atoms with Gasteiger partial charge in [0.25, 0.3) is 10.0 Å². The number of nitrogens with zero attached hydrogens (tertiary/aromatic N) is 2.